The van der Waals surface area contributed by atoms with Gasteiger partial charge in [0.1, 0.15) is 11.5 Å². The van der Waals surface area contributed by atoms with Gasteiger partial charge < -0.3 is 19.3 Å². The molecule has 0 aromatic heterocycles. The highest BCUT2D eigenvalue weighted by Gasteiger charge is 2.28. The summed E-state index contributed by atoms with van der Waals surface area (Å²) < 4.78 is 11.6. The average Bonchev–Trinajstić information content (AvgIpc) is 2.79. The highest BCUT2D eigenvalue weighted by molar-refractivity contribution is 5.81. The second kappa shape index (κ2) is 8.76. The van der Waals surface area contributed by atoms with Gasteiger partial charge in [-0.2, -0.15) is 0 Å². The summed E-state index contributed by atoms with van der Waals surface area (Å²) in [6, 6.07) is 14.3. The van der Waals surface area contributed by atoms with E-state index in [0.29, 0.717) is 13.1 Å². The van der Waals surface area contributed by atoms with Crippen LogP contribution in [0.2, 0.25) is 0 Å². The molecule has 2 aromatic rings. The molecule has 1 aliphatic carbocycles. The third-order valence-corrected chi connectivity index (χ3v) is 6.02. The molecule has 0 N–H and O–H groups in total. The predicted molar refractivity (Wildman–Crippen MR) is 115 cm³/mol. The van der Waals surface area contributed by atoms with Crippen molar-refractivity contribution in [2.45, 2.75) is 38.7 Å². The number of hydrogen-bond donors (Lipinski definition) is 0. The molecule has 1 fully saturated rings. The standard InChI is InChI=1S/C24H30N2O3/c1-18(29-22-13-7-9-19-8-3-4-10-20(19)22)24(27)26-16-14-25(15-17-26)21-11-5-6-12-23(21)28-2/h5-7,9,11-13,18H,3-4,8,10,14-17H2,1-2H3/t18-/m0/s1. The number of fused-ring (bicyclic) bond motifs is 1. The maximum atomic E-state index is 13.0. The van der Waals surface area contributed by atoms with Gasteiger partial charge in [0, 0.05) is 26.2 Å². The molecule has 2 aromatic carbocycles. The van der Waals surface area contributed by atoms with Gasteiger partial charge in [-0.25, -0.2) is 0 Å². The van der Waals surface area contributed by atoms with Crippen molar-refractivity contribution in [3.63, 3.8) is 0 Å². The van der Waals surface area contributed by atoms with Crippen molar-refractivity contribution in [1.82, 2.24) is 4.90 Å². The van der Waals surface area contributed by atoms with E-state index in [1.165, 1.54) is 24.0 Å². The van der Waals surface area contributed by atoms with Gasteiger partial charge in [-0.3, -0.25) is 4.79 Å². The molecule has 0 unspecified atom stereocenters. The number of amides is 1. The highest BCUT2D eigenvalue weighted by Crippen LogP contribution is 2.31. The average molecular weight is 395 g/mol. The van der Waals surface area contributed by atoms with Crippen molar-refractivity contribution in [3.05, 3.63) is 53.6 Å². The summed E-state index contributed by atoms with van der Waals surface area (Å²) in [5.41, 5.74) is 3.75. The van der Waals surface area contributed by atoms with Crippen LogP contribution in [0.5, 0.6) is 11.5 Å². The van der Waals surface area contributed by atoms with Crippen LogP contribution >= 0.6 is 0 Å². The van der Waals surface area contributed by atoms with E-state index in [1.54, 1.807) is 7.11 Å². The van der Waals surface area contributed by atoms with E-state index in [-0.39, 0.29) is 5.91 Å². The molecule has 29 heavy (non-hydrogen) atoms. The van der Waals surface area contributed by atoms with Gasteiger partial charge in [-0.15, -0.1) is 0 Å². The SMILES string of the molecule is COc1ccccc1N1CCN(C(=O)[C@H](C)Oc2cccc3c2CCCC3)CC1. The smallest absolute Gasteiger partial charge is 0.263 e. The fraction of sp³-hybridized carbons (Fsp3) is 0.458. The van der Waals surface area contributed by atoms with Crippen LogP contribution in [0.1, 0.15) is 30.9 Å². The summed E-state index contributed by atoms with van der Waals surface area (Å²) in [6.45, 7) is 4.84. The Morgan fingerprint density at radius 3 is 2.45 bits per heavy atom. The second-order valence-corrected chi connectivity index (χ2v) is 7.85. The summed E-state index contributed by atoms with van der Waals surface area (Å²) in [5, 5.41) is 0. The number of anilines is 1. The molecule has 1 heterocycles. The summed E-state index contributed by atoms with van der Waals surface area (Å²) in [6.07, 6.45) is 4.12. The molecule has 0 bridgehead atoms. The Bertz CT molecular complexity index is 859. The summed E-state index contributed by atoms with van der Waals surface area (Å²) in [4.78, 5) is 17.2. The number of aryl methyl sites for hydroxylation is 1. The van der Waals surface area contributed by atoms with Crippen molar-refractivity contribution in [1.29, 1.82) is 0 Å². The van der Waals surface area contributed by atoms with E-state index in [0.717, 1.165) is 43.1 Å². The van der Waals surface area contributed by atoms with Gasteiger partial charge in [-0.1, -0.05) is 24.3 Å². The third-order valence-electron chi connectivity index (χ3n) is 6.02. The molecule has 1 atom stereocenters. The van der Waals surface area contributed by atoms with E-state index in [4.69, 9.17) is 9.47 Å². The lowest BCUT2D eigenvalue weighted by Crippen LogP contribution is -2.52. The minimum atomic E-state index is -0.471. The summed E-state index contributed by atoms with van der Waals surface area (Å²) in [5.74, 6) is 1.83. The van der Waals surface area contributed by atoms with E-state index < -0.39 is 6.10 Å². The van der Waals surface area contributed by atoms with Crippen LogP contribution in [-0.2, 0) is 17.6 Å². The number of carbonyl (C=O) groups is 1. The van der Waals surface area contributed by atoms with Crippen LogP contribution in [-0.4, -0.2) is 50.2 Å². The predicted octanol–water partition coefficient (Wildman–Crippen LogP) is 3.69. The monoisotopic (exact) mass is 394 g/mol. The fourth-order valence-corrected chi connectivity index (χ4v) is 4.41. The zero-order valence-electron chi connectivity index (χ0n) is 17.4. The Balaban J connectivity index is 1.37. The Morgan fingerprint density at radius 1 is 0.931 bits per heavy atom. The molecule has 1 saturated heterocycles. The molecule has 0 spiro atoms. The molecule has 5 heteroatoms. The Morgan fingerprint density at radius 2 is 1.66 bits per heavy atom. The first-order chi connectivity index (χ1) is 14.2. The Labute approximate surface area is 173 Å². The molecular formula is C24H30N2O3. The quantitative estimate of drug-likeness (QED) is 0.776. The number of hydrogen-bond acceptors (Lipinski definition) is 4. The number of benzene rings is 2. The van der Waals surface area contributed by atoms with E-state index in [2.05, 4.69) is 17.0 Å². The zero-order chi connectivity index (χ0) is 20.2. The number of carbonyl (C=O) groups excluding carboxylic acids is 1. The van der Waals surface area contributed by atoms with Gasteiger partial charge in [0.05, 0.1) is 12.8 Å². The van der Waals surface area contributed by atoms with Gasteiger partial charge >= 0.3 is 0 Å². The number of ether oxygens (including phenoxy) is 2. The van der Waals surface area contributed by atoms with E-state index >= 15 is 0 Å². The zero-order valence-corrected chi connectivity index (χ0v) is 17.4. The fourth-order valence-electron chi connectivity index (χ4n) is 4.41. The lowest BCUT2D eigenvalue weighted by Gasteiger charge is -2.37. The number of rotatable bonds is 5. The van der Waals surface area contributed by atoms with Gasteiger partial charge in [0.25, 0.3) is 5.91 Å². The lowest BCUT2D eigenvalue weighted by atomic mass is 9.91. The van der Waals surface area contributed by atoms with Crippen molar-refractivity contribution in [2.75, 3.05) is 38.2 Å². The van der Waals surface area contributed by atoms with Crippen molar-refractivity contribution in [3.8, 4) is 11.5 Å². The summed E-state index contributed by atoms with van der Waals surface area (Å²) >= 11 is 0. The molecular weight excluding hydrogens is 364 g/mol. The topological polar surface area (TPSA) is 42.0 Å². The maximum Gasteiger partial charge on any atom is 0.263 e. The molecule has 5 nitrogen and oxygen atoms in total. The van der Waals surface area contributed by atoms with Gasteiger partial charge in [-0.05, 0) is 61.9 Å². The van der Waals surface area contributed by atoms with Crippen molar-refractivity contribution >= 4 is 11.6 Å². The first-order valence-electron chi connectivity index (χ1n) is 10.6. The van der Waals surface area contributed by atoms with Crippen molar-refractivity contribution in [2.24, 2.45) is 0 Å². The van der Waals surface area contributed by atoms with E-state index in [9.17, 15) is 4.79 Å². The molecule has 1 aliphatic heterocycles. The largest absolute Gasteiger partial charge is 0.495 e. The van der Waals surface area contributed by atoms with E-state index in [1.807, 2.05) is 42.2 Å². The van der Waals surface area contributed by atoms with Crippen LogP contribution in [0.15, 0.2) is 42.5 Å². The second-order valence-electron chi connectivity index (χ2n) is 7.85. The molecule has 0 radical (unpaired) electrons. The number of nitrogens with zero attached hydrogens (tertiary/aromatic N) is 2. The van der Waals surface area contributed by atoms with Crippen molar-refractivity contribution < 1.29 is 14.3 Å². The minimum absolute atomic E-state index is 0.0677. The third kappa shape index (κ3) is 4.19. The van der Waals surface area contributed by atoms with Crippen LogP contribution in [0.25, 0.3) is 0 Å². The van der Waals surface area contributed by atoms with Gasteiger partial charge in [0.15, 0.2) is 6.10 Å². The number of piperazine rings is 1. The van der Waals surface area contributed by atoms with Gasteiger partial charge in [0.2, 0.25) is 0 Å². The maximum absolute atomic E-state index is 13.0. The van der Waals surface area contributed by atoms with Crippen LogP contribution in [0, 0.1) is 0 Å². The molecule has 0 saturated carbocycles. The first-order valence-corrected chi connectivity index (χ1v) is 10.6. The normalized spacial score (nSPS) is 17.4. The molecule has 2 aliphatic rings. The highest BCUT2D eigenvalue weighted by atomic mass is 16.5. The number of para-hydroxylation sites is 2. The lowest BCUT2D eigenvalue weighted by molar-refractivity contribution is -0.138. The summed E-state index contributed by atoms with van der Waals surface area (Å²) in [7, 11) is 1.69. The first kappa shape index (κ1) is 19.6. The number of methoxy groups -OCH3 is 1. The van der Waals surface area contributed by atoms with Crippen LogP contribution in [0.4, 0.5) is 5.69 Å². The Hall–Kier alpha value is -2.69. The Kier molecular flexibility index (Phi) is 5.93. The molecule has 4 rings (SSSR count). The molecule has 1 amide bonds. The minimum Gasteiger partial charge on any atom is -0.495 e. The van der Waals surface area contributed by atoms with Crippen LogP contribution in [0.3, 0.4) is 0 Å². The van der Waals surface area contributed by atoms with Crippen LogP contribution < -0.4 is 14.4 Å². The molecule has 154 valence electrons.